The Bertz CT molecular complexity index is 1410. The van der Waals surface area contributed by atoms with Crippen molar-refractivity contribution in [2.45, 2.75) is 19.1 Å². The van der Waals surface area contributed by atoms with Crippen molar-refractivity contribution in [1.82, 2.24) is 24.3 Å². The number of methoxy groups -OCH3 is 2. The maximum absolute atomic E-state index is 13.3. The highest BCUT2D eigenvalue weighted by atomic mass is 19.4. The van der Waals surface area contributed by atoms with Gasteiger partial charge < -0.3 is 15.2 Å². The number of aromatic nitrogens is 5. The average molecular weight is 486 g/mol. The maximum Gasteiger partial charge on any atom is 0.416 e. The lowest BCUT2D eigenvalue weighted by Gasteiger charge is -2.14. The Morgan fingerprint density at radius 2 is 1.77 bits per heavy atom. The number of halogens is 3. The lowest BCUT2D eigenvalue weighted by atomic mass is 10.1. The highest BCUT2D eigenvalue weighted by Crippen LogP contribution is 2.32. The summed E-state index contributed by atoms with van der Waals surface area (Å²) in [6.07, 6.45) is -3.08. The molecule has 0 saturated carbocycles. The van der Waals surface area contributed by atoms with Gasteiger partial charge >= 0.3 is 6.18 Å². The Balaban J connectivity index is 1.64. The molecule has 2 N–H and O–H groups in total. The van der Waals surface area contributed by atoms with Crippen LogP contribution < -0.4 is 20.8 Å². The van der Waals surface area contributed by atoms with Crippen LogP contribution in [0.3, 0.4) is 0 Å². The number of alkyl halides is 3. The predicted octanol–water partition coefficient (Wildman–Crippen LogP) is 3.08. The van der Waals surface area contributed by atoms with Gasteiger partial charge in [0.05, 0.1) is 26.3 Å². The van der Waals surface area contributed by atoms with E-state index < -0.39 is 17.3 Å². The summed E-state index contributed by atoms with van der Waals surface area (Å²) in [5, 5.41) is 4.12. The van der Waals surface area contributed by atoms with Crippen molar-refractivity contribution in [3.05, 3.63) is 87.7 Å². The molecule has 0 spiro atoms. The summed E-state index contributed by atoms with van der Waals surface area (Å²) in [7, 11) is 3.05. The first-order chi connectivity index (χ1) is 16.7. The largest absolute Gasteiger partial charge is 0.493 e. The molecular formula is C23H21F3N6O3. The van der Waals surface area contributed by atoms with Crippen molar-refractivity contribution in [1.29, 1.82) is 0 Å². The van der Waals surface area contributed by atoms with Crippen LogP contribution in [0.4, 0.5) is 19.1 Å². The van der Waals surface area contributed by atoms with Crippen molar-refractivity contribution >= 4 is 5.95 Å². The zero-order valence-electron chi connectivity index (χ0n) is 18.8. The van der Waals surface area contributed by atoms with E-state index in [0.29, 0.717) is 17.3 Å². The van der Waals surface area contributed by atoms with E-state index in [4.69, 9.17) is 15.2 Å². The topological polar surface area (TPSA) is 110 Å². The number of rotatable bonds is 7. The molecule has 2 aromatic carbocycles. The summed E-state index contributed by atoms with van der Waals surface area (Å²) >= 11 is 0. The number of benzene rings is 2. The molecule has 0 aliphatic heterocycles. The molecule has 0 radical (unpaired) electrons. The van der Waals surface area contributed by atoms with E-state index in [-0.39, 0.29) is 30.3 Å². The molecular weight excluding hydrogens is 465 g/mol. The number of nitrogen functional groups attached to an aromatic ring is 1. The standard InChI is InChI=1S/C23H21F3N6O3/c1-34-17-8-7-14(9-18(17)35-2)10-20-29-22(27)30-32(20)19-11-21(33)31(13-28-19)12-15-5-3-4-6-16(15)23(24,25)26/h3-9,11,13H,10,12H2,1-2H3,(H2,27,30). The van der Waals surface area contributed by atoms with Crippen molar-refractivity contribution in [3.8, 4) is 17.3 Å². The Morgan fingerprint density at radius 1 is 1.03 bits per heavy atom. The Hall–Kier alpha value is -4.35. The number of anilines is 1. The van der Waals surface area contributed by atoms with E-state index in [2.05, 4.69) is 15.1 Å². The summed E-state index contributed by atoms with van der Waals surface area (Å²) in [4.78, 5) is 21.2. The summed E-state index contributed by atoms with van der Waals surface area (Å²) in [5.74, 6) is 1.61. The molecule has 0 saturated heterocycles. The Morgan fingerprint density at radius 3 is 2.46 bits per heavy atom. The van der Waals surface area contributed by atoms with Crippen LogP contribution in [-0.4, -0.2) is 38.5 Å². The summed E-state index contributed by atoms with van der Waals surface area (Å²) in [5.41, 5.74) is 5.20. The molecule has 4 aromatic rings. The summed E-state index contributed by atoms with van der Waals surface area (Å²) < 4.78 is 52.9. The second kappa shape index (κ2) is 9.49. The smallest absolute Gasteiger partial charge is 0.416 e. The lowest BCUT2D eigenvalue weighted by molar-refractivity contribution is -0.138. The molecule has 0 unspecified atom stereocenters. The highest BCUT2D eigenvalue weighted by molar-refractivity contribution is 5.44. The third-order valence-corrected chi connectivity index (χ3v) is 5.25. The molecule has 0 aliphatic rings. The third-order valence-electron chi connectivity index (χ3n) is 5.25. The Kier molecular flexibility index (Phi) is 6.45. The summed E-state index contributed by atoms with van der Waals surface area (Å²) in [6, 6.07) is 11.6. The molecule has 0 fully saturated rings. The van der Waals surface area contributed by atoms with Crippen LogP contribution in [0.25, 0.3) is 5.82 Å². The van der Waals surface area contributed by atoms with Gasteiger partial charge in [-0.2, -0.15) is 22.8 Å². The van der Waals surface area contributed by atoms with E-state index >= 15 is 0 Å². The van der Waals surface area contributed by atoms with Gasteiger partial charge in [-0.05, 0) is 29.3 Å². The van der Waals surface area contributed by atoms with Crippen molar-refractivity contribution in [2.24, 2.45) is 0 Å². The molecule has 2 heterocycles. The quantitative estimate of drug-likeness (QED) is 0.428. The second-order valence-electron chi connectivity index (χ2n) is 7.53. The van der Waals surface area contributed by atoms with Crippen molar-refractivity contribution in [3.63, 3.8) is 0 Å². The fraction of sp³-hybridized carbons (Fsp3) is 0.217. The summed E-state index contributed by atoms with van der Waals surface area (Å²) in [6.45, 7) is -0.292. The van der Waals surface area contributed by atoms with Crippen LogP contribution in [0.2, 0.25) is 0 Å². The van der Waals surface area contributed by atoms with Crippen LogP contribution >= 0.6 is 0 Å². The normalized spacial score (nSPS) is 11.5. The van der Waals surface area contributed by atoms with E-state index in [1.807, 2.05) is 6.07 Å². The molecule has 9 nitrogen and oxygen atoms in total. The van der Waals surface area contributed by atoms with Gasteiger partial charge in [-0.1, -0.05) is 24.3 Å². The fourth-order valence-electron chi connectivity index (χ4n) is 3.60. The first-order valence-electron chi connectivity index (χ1n) is 10.3. The Labute approximate surface area is 197 Å². The molecule has 35 heavy (non-hydrogen) atoms. The molecule has 12 heteroatoms. The van der Waals surface area contributed by atoms with Crippen LogP contribution in [-0.2, 0) is 19.1 Å². The highest BCUT2D eigenvalue weighted by Gasteiger charge is 2.33. The molecule has 0 atom stereocenters. The van der Waals surface area contributed by atoms with E-state index in [1.54, 1.807) is 12.1 Å². The molecule has 182 valence electrons. The van der Waals surface area contributed by atoms with E-state index in [1.165, 1.54) is 49.5 Å². The van der Waals surface area contributed by atoms with Crippen LogP contribution in [0, 0.1) is 0 Å². The van der Waals surface area contributed by atoms with E-state index in [0.717, 1.165) is 16.2 Å². The predicted molar refractivity (Wildman–Crippen MR) is 121 cm³/mol. The van der Waals surface area contributed by atoms with Gasteiger partial charge in [-0.15, -0.1) is 5.10 Å². The number of hydrogen-bond acceptors (Lipinski definition) is 7. The van der Waals surface area contributed by atoms with Crippen molar-refractivity contribution < 1.29 is 22.6 Å². The van der Waals surface area contributed by atoms with Gasteiger partial charge in [0.15, 0.2) is 17.3 Å². The zero-order valence-corrected chi connectivity index (χ0v) is 18.8. The number of ether oxygens (including phenoxy) is 2. The average Bonchev–Trinajstić information content (AvgIpc) is 3.19. The van der Waals surface area contributed by atoms with E-state index in [9.17, 15) is 18.0 Å². The van der Waals surface area contributed by atoms with Gasteiger partial charge in [-0.3, -0.25) is 9.36 Å². The van der Waals surface area contributed by atoms with Gasteiger partial charge in [0.25, 0.3) is 5.56 Å². The minimum absolute atomic E-state index is 0.0226. The number of hydrogen-bond donors (Lipinski definition) is 1. The lowest BCUT2D eigenvalue weighted by Crippen LogP contribution is -2.23. The van der Waals surface area contributed by atoms with Crippen LogP contribution in [0.15, 0.2) is 59.7 Å². The second-order valence-corrected chi connectivity index (χ2v) is 7.53. The SMILES string of the molecule is COc1ccc(Cc2nc(N)nn2-c2cc(=O)n(Cc3ccccc3C(F)(F)F)cn2)cc1OC. The molecule has 4 rings (SSSR count). The zero-order chi connectivity index (χ0) is 25.2. The molecule has 0 bridgehead atoms. The van der Waals surface area contributed by atoms with Crippen LogP contribution in [0.1, 0.15) is 22.5 Å². The fourth-order valence-corrected chi connectivity index (χ4v) is 3.60. The van der Waals surface area contributed by atoms with Gasteiger partial charge in [0.1, 0.15) is 12.2 Å². The number of nitrogens with zero attached hydrogens (tertiary/aromatic N) is 5. The molecule has 0 aliphatic carbocycles. The third kappa shape index (κ3) is 5.10. The molecule has 2 aromatic heterocycles. The van der Waals surface area contributed by atoms with Crippen LogP contribution in [0.5, 0.6) is 11.5 Å². The first kappa shape index (κ1) is 23.8. The number of nitrogens with two attached hydrogens (primary N) is 1. The van der Waals surface area contributed by atoms with Gasteiger partial charge in [-0.25, -0.2) is 4.98 Å². The maximum atomic E-state index is 13.3. The monoisotopic (exact) mass is 486 g/mol. The minimum Gasteiger partial charge on any atom is -0.493 e. The first-order valence-corrected chi connectivity index (χ1v) is 10.3. The molecule has 0 amide bonds. The minimum atomic E-state index is -4.54. The van der Waals surface area contributed by atoms with Crippen molar-refractivity contribution in [2.75, 3.05) is 20.0 Å². The van der Waals surface area contributed by atoms with Gasteiger partial charge in [0, 0.05) is 12.5 Å². The van der Waals surface area contributed by atoms with Gasteiger partial charge in [0.2, 0.25) is 5.95 Å².